The highest BCUT2D eigenvalue weighted by molar-refractivity contribution is 7.20. The molecule has 4 aromatic rings. The van der Waals surface area contributed by atoms with Crippen LogP contribution in [0.4, 0.5) is 0 Å². The summed E-state index contributed by atoms with van der Waals surface area (Å²) in [6, 6.07) is 20.5. The number of amides is 1. The van der Waals surface area contributed by atoms with Gasteiger partial charge in [0.05, 0.1) is 10.6 Å². The van der Waals surface area contributed by atoms with Crippen molar-refractivity contribution in [2.75, 3.05) is 7.05 Å². The highest BCUT2D eigenvalue weighted by Crippen LogP contribution is 2.29. The van der Waals surface area contributed by atoms with Crippen molar-refractivity contribution >= 4 is 27.5 Å². The number of fused-ring (bicyclic) bond motifs is 1. The van der Waals surface area contributed by atoms with Gasteiger partial charge in [0.15, 0.2) is 0 Å². The molecular weight excluding hydrogens is 354 g/mol. The zero-order valence-electron chi connectivity index (χ0n) is 15.6. The van der Waals surface area contributed by atoms with Gasteiger partial charge >= 0.3 is 0 Å². The van der Waals surface area contributed by atoms with Crippen molar-refractivity contribution in [2.45, 2.75) is 13.5 Å². The summed E-state index contributed by atoms with van der Waals surface area (Å²) in [5.41, 5.74) is 4.42. The van der Waals surface area contributed by atoms with Crippen molar-refractivity contribution in [3.05, 3.63) is 76.8 Å². The predicted octanol–water partition coefficient (Wildman–Crippen LogP) is 4.88. The van der Waals surface area contributed by atoms with Gasteiger partial charge in [0, 0.05) is 26.0 Å². The Hall–Kier alpha value is -2.92. The number of nitrogens with zero attached hydrogens (tertiary/aromatic N) is 3. The molecule has 5 heteroatoms. The third kappa shape index (κ3) is 3.26. The lowest BCUT2D eigenvalue weighted by atomic mass is 9.99. The van der Waals surface area contributed by atoms with E-state index >= 15 is 0 Å². The topological polar surface area (TPSA) is 38.1 Å². The van der Waals surface area contributed by atoms with Crippen LogP contribution in [0.1, 0.15) is 20.9 Å². The molecule has 4 nitrogen and oxygen atoms in total. The molecule has 1 amide bonds. The molecule has 0 fully saturated rings. The van der Waals surface area contributed by atoms with Gasteiger partial charge in [-0.15, -0.1) is 11.3 Å². The van der Waals surface area contributed by atoms with E-state index in [0.29, 0.717) is 6.54 Å². The lowest BCUT2D eigenvalue weighted by molar-refractivity contribution is 0.0790. The Balaban J connectivity index is 1.61. The molecule has 0 aliphatic carbocycles. The number of carbonyl (C=O) groups excluding carboxylic acids is 1. The van der Waals surface area contributed by atoms with Gasteiger partial charge in [-0.1, -0.05) is 54.6 Å². The Morgan fingerprint density at radius 2 is 1.81 bits per heavy atom. The smallest absolute Gasteiger partial charge is 0.264 e. The molecule has 0 unspecified atom stereocenters. The Morgan fingerprint density at radius 1 is 1.11 bits per heavy atom. The second-order valence-corrected chi connectivity index (χ2v) is 7.75. The highest BCUT2D eigenvalue weighted by Gasteiger charge is 2.19. The van der Waals surface area contributed by atoms with Gasteiger partial charge < -0.3 is 4.90 Å². The number of carbonyl (C=O) groups is 1. The van der Waals surface area contributed by atoms with E-state index in [1.807, 2.05) is 62.1 Å². The SMILES string of the molecule is Cc1nn(C)c2sc(C(=O)N(C)Cc3ccccc3-c3ccccc3)cc12. The summed E-state index contributed by atoms with van der Waals surface area (Å²) in [7, 11) is 3.78. The first-order valence-electron chi connectivity index (χ1n) is 8.86. The summed E-state index contributed by atoms with van der Waals surface area (Å²) < 4.78 is 1.84. The maximum Gasteiger partial charge on any atom is 0.264 e. The minimum atomic E-state index is 0.0402. The van der Waals surface area contributed by atoms with Crippen LogP contribution in [0.25, 0.3) is 21.3 Å². The second-order valence-electron chi connectivity index (χ2n) is 6.72. The molecule has 0 atom stereocenters. The van der Waals surface area contributed by atoms with Crippen LogP contribution in [0.3, 0.4) is 0 Å². The molecule has 136 valence electrons. The number of aryl methyl sites for hydroxylation is 2. The largest absolute Gasteiger partial charge is 0.337 e. The highest BCUT2D eigenvalue weighted by atomic mass is 32.1. The van der Waals surface area contributed by atoms with Crippen molar-refractivity contribution in [3.63, 3.8) is 0 Å². The molecule has 0 spiro atoms. The zero-order valence-corrected chi connectivity index (χ0v) is 16.5. The van der Waals surface area contributed by atoms with Crippen molar-refractivity contribution in [1.29, 1.82) is 0 Å². The molecule has 0 saturated heterocycles. The van der Waals surface area contributed by atoms with Crippen LogP contribution in [-0.2, 0) is 13.6 Å². The van der Waals surface area contributed by atoms with Gasteiger partial charge in [0.2, 0.25) is 0 Å². The van der Waals surface area contributed by atoms with Crippen LogP contribution in [0.2, 0.25) is 0 Å². The summed E-state index contributed by atoms with van der Waals surface area (Å²) in [6.07, 6.45) is 0. The van der Waals surface area contributed by atoms with Gasteiger partial charge in [-0.3, -0.25) is 9.48 Å². The maximum absolute atomic E-state index is 13.0. The first-order valence-corrected chi connectivity index (χ1v) is 9.68. The van der Waals surface area contributed by atoms with E-state index in [1.54, 1.807) is 4.90 Å². The molecule has 2 heterocycles. The molecular formula is C22H21N3OS. The average molecular weight is 375 g/mol. The molecule has 2 aromatic heterocycles. The first kappa shape index (κ1) is 17.5. The predicted molar refractivity (Wildman–Crippen MR) is 111 cm³/mol. The third-order valence-corrected chi connectivity index (χ3v) is 5.95. The molecule has 2 aromatic carbocycles. The van der Waals surface area contributed by atoms with Gasteiger partial charge in [-0.25, -0.2) is 0 Å². The lowest BCUT2D eigenvalue weighted by Gasteiger charge is -2.19. The standard InChI is InChI=1S/C22H21N3OS/c1-15-19-13-20(27-22(19)25(3)23-15)21(26)24(2)14-17-11-7-8-12-18(17)16-9-5-4-6-10-16/h4-13H,14H2,1-3H3. The Kier molecular flexibility index (Phi) is 4.54. The van der Waals surface area contributed by atoms with Gasteiger partial charge in [-0.2, -0.15) is 5.10 Å². The van der Waals surface area contributed by atoms with E-state index in [9.17, 15) is 4.79 Å². The van der Waals surface area contributed by atoms with Crippen LogP contribution >= 0.6 is 11.3 Å². The quantitative estimate of drug-likeness (QED) is 0.510. The van der Waals surface area contributed by atoms with Gasteiger partial charge in [0.25, 0.3) is 5.91 Å². The summed E-state index contributed by atoms with van der Waals surface area (Å²) in [5.74, 6) is 0.0402. The number of hydrogen-bond donors (Lipinski definition) is 0. The minimum Gasteiger partial charge on any atom is -0.337 e. The number of aromatic nitrogens is 2. The fourth-order valence-electron chi connectivity index (χ4n) is 3.38. The van der Waals surface area contributed by atoms with Crippen molar-refractivity contribution in [3.8, 4) is 11.1 Å². The number of rotatable bonds is 4. The van der Waals surface area contributed by atoms with E-state index in [1.165, 1.54) is 11.3 Å². The van der Waals surface area contributed by atoms with E-state index in [4.69, 9.17) is 0 Å². The van der Waals surface area contributed by atoms with E-state index < -0.39 is 0 Å². The summed E-state index contributed by atoms with van der Waals surface area (Å²) >= 11 is 1.50. The average Bonchev–Trinajstić information content (AvgIpc) is 3.24. The molecule has 0 saturated carbocycles. The zero-order chi connectivity index (χ0) is 19.0. The fraction of sp³-hybridized carbons (Fsp3) is 0.182. The maximum atomic E-state index is 13.0. The van der Waals surface area contributed by atoms with E-state index in [0.717, 1.165) is 37.5 Å². The van der Waals surface area contributed by atoms with Crippen LogP contribution in [0.5, 0.6) is 0 Å². The summed E-state index contributed by atoms with van der Waals surface area (Å²) in [5, 5.41) is 5.47. The summed E-state index contributed by atoms with van der Waals surface area (Å²) in [4.78, 5) is 16.6. The van der Waals surface area contributed by atoms with Gasteiger partial charge in [-0.05, 0) is 29.7 Å². The number of benzene rings is 2. The number of thiophene rings is 1. The van der Waals surface area contributed by atoms with Gasteiger partial charge in [0.1, 0.15) is 4.83 Å². The first-order chi connectivity index (χ1) is 13.0. The van der Waals surface area contributed by atoms with Crippen LogP contribution in [0, 0.1) is 6.92 Å². The van der Waals surface area contributed by atoms with E-state index in [2.05, 4.69) is 29.4 Å². The molecule has 0 N–H and O–H groups in total. The van der Waals surface area contributed by atoms with Crippen LogP contribution in [0.15, 0.2) is 60.7 Å². The van der Waals surface area contributed by atoms with Crippen molar-refractivity contribution in [2.24, 2.45) is 7.05 Å². The van der Waals surface area contributed by atoms with Crippen LogP contribution < -0.4 is 0 Å². The van der Waals surface area contributed by atoms with E-state index in [-0.39, 0.29) is 5.91 Å². The Bertz CT molecular complexity index is 1080. The molecule has 0 radical (unpaired) electrons. The second kappa shape index (κ2) is 7.00. The summed E-state index contributed by atoms with van der Waals surface area (Å²) in [6.45, 7) is 2.54. The number of hydrogen-bond acceptors (Lipinski definition) is 3. The third-order valence-electron chi connectivity index (χ3n) is 4.76. The normalized spacial score (nSPS) is 11.1. The Morgan fingerprint density at radius 3 is 2.56 bits per heavy atom. The molecule has 0 bridgehead atoms. The molecule has 27 heavy (non-hydrogen) atoms. The van der Waals surface area contributed by atoms with Crippen molar-refractivity contribution in [1.82, 2.24) is 14.7 Å². The Labute approximate surface area is 162 Å². The molecule has 0 aliphatic rings. The molecule has 4 rings (SSSR count). The fourth-order valence-corrected chi connectivity index (χ4v) is 4.50. The van der Waals surface area contributed by atoms with Crippen molar-refractivity contribution < 1.29 is 4.79 Å². The minimum absolute atomic E-state index is 0.0402. The lowest BCUT2D eigenvalue weighted by Crippen LogP contribution is -2.25. The molecule has 0 aliphatic heterocycles. The monoisotopic (exact) mass is 375 g/mol. The van der Waals surface area contributed by atoms with Crippen LogP contribution in [-0.4, -0.2) is 27.6 Å².